The molecule has 6 nitrogen and oxygen atoms in total. The third kappa shape index (κ3) is 6.69. The molecule has 0 aromatic heterocycles. The van der Waals surface area contributed by atoms with Crippen LogP contribution < -0.4 is 14.8 Å². The second kappa shape index (κ2) is 8.54. The number of sulfonamides is 1. The first-order chi connectivity index (χ1) is 12.6. The van der Waals surface area contributed by atoms with Gasteiger partial charge in [-0.1, -0.05) is 17.7 Å². The molecule has 0 heterocycles. The van der Waals surface area contributed by atoms with Gasteiger partial charge in [0.2, 0.25) is 10.0 Å². The summed E-state index contributed by atoms with van der Waals surface area (Å²) in [5.74, 6) is 0.464. The standard InChI is InChI=1S/C20H26N2O4S/c1-15-5-9-17(10-6-15)26-14-13-21-19(23)16-7-11-18(12-8-16)27(24,25)22-20(2,3)4/h5-12,22H,13-14H2,1-4H3,(H,21,23). The molecule has 0 aliphatic rings. The number of hydrogen-bond acceptors (Lipinski definition) is 4. The lowest BCUT2D eigenvalue weighted by atomic mass is 10.1. The van der Waals surface area contributed by atoms with E-state index in [1.54, 1.807) is 20.8 Å². The van der Waals surface area contributed by atoms with Crippen LogP contribution in [0.15, 0.2) is 53.4 Å². The monoisotopic (exact) mass is 390 g/mol. The van der Waals surface area contributed by atoms with Crippen molar-refractivity contribution >= 4 is 15.9 Å². The first-order valence-corrected chi connectivity index (χ1v) is 10.2. The SMILES string of the molecule is Cc1ccc(OCCNC(=O)c2ccc(S(=O)(=O)NC(C)(C)C)cc2)cc1. The predicted octanol–water partition coefficient (Wildman–Crippen LogP) is 2.88. The van der Waals surface area contributed by atoms with E-state index < -0.39 is 15.6 Å². The van der Waals surface area contributed by atoms with E-state index in [0.29, 0.717) is 18.7 Å². The molecule has 27 heavy (non-hydrogen) atoms. The molecular formula is C20H26N2O4S. The van der Waals surface area contributed by atoms with Crippen molar-refractivity contribution in [3.8, 4) is 5.75 Å². The number of benzene rings is 2. The fraction of sp³-hybridized carbons (Fsp3) is 0.350. The smallest absolute Gasteiger partial charge is 0.251 e. The van der Waals surface area contributed by atoms with Crippen molar-refractivity contribution in [1.29, 1.82) is 0 Å². The van der Waals surface area contributed by atoms with Crippen molar-refractivity contribution in [3.05, 3.63) is 59.7 Å². The minimum atomic E-state index is -3.62. The molecule has 2 N–H and O–H groups in total. The molecular weight excluding hydrogens is 364 g/mol. The number of aryl methyl sites for hydroxylation is 1. The number of rotatable bonds is 7. The van der Waals surface area contributed by atoms with Gasteiger partial charge in [0, 0.05) is 11.1 Å². The fourth-order valence-electron chi connectivity index (χ4n) is 2.32. The lowest BCUT2D eigenvalue weighted by molar-refractivity contribution is 0.0947. The molecule has 0 saturated carbocycles. The van der Waals surface area contributed by atoms with Crippen LogP contribution in [0.2, 0.25) is 0 Å². The Balaban J connectivity index is 1.87. The third-order valence-corrected chi connectivity index (χ3v) is 5.32. The van der Waals surface area contributed by atoms with E-state index in [2.05, 4.69) is 10.0 Å². The maximum Gasteiger partial charge on any atom is 0.251 e. The Labute approximate surface area is 161 Å². The van der Waals surface area contributed by atoms with Gasteiger partial charge in [-0.05, 0) is 64.1 Å². The van der Waals surface area contributed by atoms with Crippen molar-refractivity contribution in [2.75, 3.05) is 13.2 Å². The average Bonchev–Trinajstić information content (AvgIpc) is 2.58. The first kappa shape index (κ1) is 20.9. The highest BCUT2D eigenvalue weighted by Gasteiger charge is 2.22. The molecule has 2 rings (SSSR count). The number of carbonyl (C=O) groups excluding carboxylic acids is 1. The topological polar surface area (TPSA) is 84.5 Å². The largest absolute Gasteiger partial charge is 0.492 e. The van der Waals surface area contributed by atoms with Crippen LogP contribution in [0.25, 0.3) is 0 Å². The zero-order valence-electron chi connectivity index (χ0n) is 16.1. The van der Waals surface area contributed by atoms with Crippen LogP contribution in [0.1, 0.15) is 36.7 Å². The van der Waals surface area contributed by atoms with Crippen molar-refractivity contribution in [2.45, 2.75) is 38.1 Å². The Morgan fingerprint density at radius 1 is 1.00 bits per heavy atom. The molecule has 1 amide bonds. The van der Waals surface area contributed by atoms with Gasteiger partial charge in [0.25, 0.3) is 5.91 Å². The van der Waals surface area contributed by atoms with Gasteiger partial charge in [-0.3, -0.25) is 4.79 Å². The minimum Gasteiger partial charge on any atom is -0.492 e. The van der Waals surface area contributed by atoms with Crippen LogP contribution in [0, 0.1) is 6.92 Å². The molecule has 2 aromatic rings. The van der Waals surface area contributed by atoms with Crippen molar-refractivity contribution in [2.24, 2.45) is 0 Å². The summed E-state index contributed by atoms with van der Waals surface area (Å²) in [6.07, 6.45) is 0. The van der Waals surface area contributed by atoms with Crippen LogP contribution in [0.4, 0.5) is 0 Å². The Kier molecular flexibility index (Phi) is 6.62. The van der Waals surface area contributed by atoms with Gasteiger partial charge in [0.15, 0.2) is 0 Å². The second-order valence-corrected chi connectivity index (χ2v) is 8.98. The highest BCUT2D eigenvalue weighted by molar-refractivity contribution is 7.89. The molecule has 146 valence electrons. The maximum atomic E-state index is 12.3. The lowest BCUT2D eigenvalue weighted by Crippen LogP contribution is -2.40. The highest BCUT2D eigenvalue weighted by atomic mass is 32.2. The molecule has 0 bridgehead atoms. The normalized spacial score (nSPS) is 11.9. The molecule has 0 aliphatic heterocycles. The summed E-state index contributed by atoms with van der Waals surface area (Å²) in [6, 6.07) is 13.5. The lowest BCUT2D eigenvalue weighted by Gasteiger charge is -2.20. The van der Waals surface area contributed by atoms with E-state index in [4.69, 9.17) is 4.74 Å². The molecule has 2 aromatic carbocycles. The Morgan fingerprint density at radius 3 is 2.15 bits per heavy atom. The van der Waals surface area contributed by atoms with Crippen molar-refractivity contribution < 1.29 is 17.9 Å². The van der Waals surface area contributed by atoms with Gasteiger partial charge < -0.3 is 10.1 Å². The van der Waals surface area contributed by atoms with Crippen LogP contribution >= 0.6 is 0 Å². The van der Waals surface area contributed by atoms with Gasteiger partial charge in [-0.15, -0.1) is 0 Å². The van der Waals surface area contributed by atoms with Crippen molar-refractivity contribution in [1.82, 2.24) is 10.0 Å². The molecule has 0 atom stereocenters. The summed E-state index contributed by atoms with van der Waals surface area (Å²) >= 11 is 0. The number of carbonyl (C=O) groups is 1. The number of nitrogens with one attached hydrogen (secondary N) is 2. The number of ether oxygens (including phenoxy) is 1. The predicted molar refractivity (Wildman–Crippen MR) is 106 cm³/mol. The van der Waals surface area contributed by atoms with E-state index >= 15 is 0 Å². The van der Waals surface area contributed by atoms with Gasteiger partial charge >= 0.3 is 0 Å². The maximum absolute atomic E-state index is 12.3. The third-order valence-electron chi connectivity index (χ3n) is 3.54. The van der Waals surface area contributed by atoms with E-state index in [-0.39, 0.29) is 10.8 Å². The van der Waals surface area contributed by atoms with Crippen LogP contribution in [0.5, 0.6) is 5.75 Å². The summed E-state index contributed by atoms with van der Waals surface area (Å²) in [5.41, 5.74) is 0.964. The molecule has 0 saturated heterocycles. The van der Waals surface area contributed by atoms with E-state index in [1.807, 2.05) is 31.2 Å². The Hall–Kier alpha value is -2.38. The van der Waals surface area contributed by atoms with Gasteiger partial charge in [-0.25, -0.2) is 13.1 Å². The number of hydrogen-bond donors (Lipinski definition) is 2. The Bertz CT molecular complexity index is 868. The summed E-state index contributed by atoms with van der Waals surface area (Å²) < 4.78 is 32.7. The van der Waals surface area contributed by atoms with E-state index in [0.717, 1.165) is 11.3 Å². The average molecular weight is 391 g/mol. The molecule has 0 unspecified atom stereocenters. The van der Waals surface area contributed by atoms with Crippen LogP contribution in [-0.4, -0.2) is 33.0 Å². The fourth-order valence-corrected chi connectivity index (χ4v) is 3.74. The second-order valence-electron chi connectivity index (χ2n) is 7.30. The van der Waals surface area contributed by atoms with Crippen LogP contribution in [0.3, 0.4) is 0 Å². The molecule has 0 radical (unpaired) electrons. The van der Waals surface area contributed by atoms with Crippen molar-refractivity contribution in [3.63, 3.8) is 0 Å². The molecule has 0 fully saturated rings. The summed E-state index contributed by atoms with van der Waals surface area (Å²) in [5, 5.41) is 2.75. The molecule has 0 aliphatic carbocycles. The zero-order valence-corrected chi connectivity index (χ0v) is 16.9. The Morgan fingerprint density at radius 2 is 1.59 bits per heavy atom. The quantitative estimate of drug-likeness (QED) is 0.712. The highest BCUT2D eigenvalue weighted by Crippen LogP contribution is 2.14. The van der Waals surface area contributed by atoms with E-state index in [1.165, 1.54) is 24.3 Å². The van der Waals surface area contributed by atoms with Crippen LogP contribution in [-0.2, 0) is 10.0 Å². The summed E-state index contributed by atoms with van der Waals surface area (Å²) in [7, 11) is -3.62. The molecule has 0 spiro atoms. The van der Waals surface area contributed by atoms with Gasteiger partial charge in [0.05, 0.1) is 11.4 Å². The molecule has 7 heteroatoms. The van der Waals surface area contributed by atoms with Gasteiger partial charge in [0.1, 0.15) is 12.4 Å². The summed E-state index contributed by atoms with van der Waals surface area (Å²) in [4.78, 5) is 12.3. The summed E-state index contributed by atoms with van der Waals surface area (Å²) in [6.45, 7) is 8.00. The minimum absolute atomic E-state index is 0.122. The van der Waals surface area contributed by atoms with E-state index in [9.17, 15) is 13.2 Å². The van der Waals surface area contributed by atoms with Gasteiger partial charge in [-0.2, -0.15) is 0 Å². The zero-order chi connectivity index (χ0) is 20.1. The number of amides is 1. The first-order valence-electron chi connectivity index (χ1n) is 8.68.